The average molecular weight is 248 g/mol. The van der Waals surface area contributed by atoms with Gasteiger partial charge in [-0.2, -0.15) is 0 Å². The van der Waals surface area contributed by atoms with Gasteiger partial charge in [0.05, 0.1) is 0 Å². The molecule has 0 aromatic heterocycles. The molecule has 3 nitrogen and oxygen atoms in total. The molecule has 0 fully saturated rings. The standard InChI is InChI=1S/C15H24N2O/c1-12(13-7-5-4-6-8-13)11-17-14(18)9-10-15(2,3)16/h4-8,12H,9-11,16H2,1-3H3,(H,17,18). The van der Waals surface area contributed by atoms with Crippen LogP contribution in [0.5, 0.6) is 0 Å². The minimum atomic E-state index is -0.275. The molecule has 3 heteroatoms. The molecule has 0 radical (unpaired) electrons. The second kappa shape index (κ2) is 6.55. The second-order valence-electron chi connectivity index (χ2n) is 5.60. The van der Waals surface area contributed by atoms with Crippen LogP contribution in [0.1, 0.15) is 45.1 Å². The number of benzene rings is 1. The third kappa shape index (κ3) is 5.82. The smallest absolute Gasteiger partial charge is 0.220 e. The molecule has 1 atom stereocenters. The fourth-order valence-electron chi connectivity index (χ4n) is 1.69. The summed E-state index contributed by atoms with van der Waals surface area (Å²) in [6.45, 7) is 6.66. The van der Waals surface area contributed by atoms with Crippen molar-refractivity contribution in [1.82, 2.24) is 5.32 Å². The molecule has 1 aromatic carbocycles. The number of hydrogen-bond acceptors (Lipinski definition) is 2. The molecule has 0 bridgehead atoms. The van der Waals surface area contributed by atoms with Gasteiger partial charge in [-0.25, -0.2) is 0 Å². The van der Waals surface area contributed by atoms with Crippen LogP contribution in [0.4, 0.5) is 0 Å². The predicted molar refractivity (Wildman–Crippen MR) is 75.4 cm³/mol. The maximum atomic E-state index is 11.7. The third-order valence-corrected chi connectivity index (χ3v) is 2.97. The molecule has 1 amide bonds. The van der Waals surface area contributed by atoms with Crippen LogP contribution in [-0.2, 0) is 4.79 Å². The molecule has 1 unspecified atom stereocenters. The van der Waals surface area contributed by atoms with Crippen LogP contribution in [-0.4, -0.2) is 18.0 Å². The van der Waals surface area contributed by atoms with E-state index in [-0.39, 0.29) is 11.4 Å². The number of amides is 1. The highest BCUT2D eigenvalue weighted by Crippen LogP contribution is 2.13. The van der Waals surface area contributed by atoms with Gasteiger partial charge in [-0.15, -0.1) is 0 Å². The minimum absolute atomic E-state index is 0.0799. The molecule has 1 rings (SSSR count). The lowest BCUT2D eigenvalue weighted by Crippen LogP contribution is -2.35. The van der Waals surface area contributed by atoms with E-state index in [1.807, 2.05) is 32.0 Å². The van der Waals surface area contributed by atoms with Crippen LogP contribution < -0.4 is 11.1 Å². The average Bonchev–Trinajstić information content (AvgIpc) is 2.33. The first-order valence-electron chi connectivity index (χ1n) is 6.49. The van der Waals surface area contributed by atoms with Gasteiger partial charge in [0.15, 0.2) is 0 Å². The predicted octanol–water partition coefficient (Wildman–Crippen LogP) is 2.42. The van der Waals surface area contributed by atoms with Crippen molar-refractivity contribution in [3.8, 4) is 0 Å². The second-order valence-corrected chi connectivity index (χ2v) is 5.60. The highest BCUT2D eigenvalue weighted by atomic mass is 16.1. The van der Waals surface area contributed by atoms with E-state index < -0.39 is 0 Å². The Labute approximate surface area is 110 Å². The quantitative estimate of drug-likeness (QED) is 0.812. The SMILES string of the molecule is CC(CNC(=O)CCC(C)(C)N)c1ccccc1. The van der Waals surface area contributed by atoms with Gasteiger partial charge >= 0.3 is 0 Å². The first-order valence-corrected chi connectivity index (χ1v) is 6.49. The van der Waals surface area contributed by atoms with Crippen LogP contribution in [0, 0.1) is 0 Å². The Bertz CT molecular complexity index is 368. The van der Waals surface area contributed by atoms with Crippen LogP contribution in [0.25, 0.3) is 0 Å². The van der Waals surface area contributed by atoms with E-state index in [1.54, 1.807) is 0 Å². The van der Waals surface area contributed by atoms with E-state index in [0.717, 1.165) is 0 Å². The Morgan fingerprint density at radius 3 is 2.50 bits per heavy atom. The summed E-state index contributed by atoms with van der Waals surface area (Å²) in [6, 6.07) is 10.2. The molecule has 0 saturated heterocycles. The summed E-state index contributed by atoms with van der Waals surface area (Å²) in [6.07, 6.45) is 1.20. The summed E-state index contributed by atoms with van der Waals surface area (Å²) in [4.78, 5) is 11.7. The van der Waals surface area contributed by atoms with Gasteiger partial charge in [0.2, 0.25) is 5.91 Å². The summed E-state index contributed by atoms with van der Waals surface area (Å²) in [5.74, 6) is 0.414. The molecular weight excluding hydrogens is 224 g/mol. The Balaban J connectivity index is 2.31. The topological polar surface area (TPSA) is 55.1 Å². The van der Waals surface area contributed by atoms with Gasteiger partial charge in [-0.3, -0.25) is 4.79 Å². The molecule has 3 N–H and O–H groups in total. The van der Waals surface area contributed by atoms with Crippen molar-refractivity contribution in [3.05, 3.63) is 35.9 Å². The monoisotopic (exact) mass is 248 g/mol. The molecule has 0 aliphatic rings. The molecular formula is C15H24N2O. The molecule has 1 aromatic rings. The summed E-state index contributed by atoms with van der Waals surface area (Å²) < 4.78 is 0. The van der Waals surface area contributed by atoms with E-state index in [2.05, 4.69) is 24.4 Å². The molecule has 0 aliphatic carbocycles. The lowest BCUT2D eigenvalue weighted by molar-refractivity contribution is -0.121. The fourth-order valence-corrected chi connectivity index (χ4v) is 1.69. The first kappa shape index (κ1) is 14.7. The maximum Gasteiger partial charge on any atom is 0.220 e. The van der Waals surface area contributed by atoms with Crippen molar-refractivity contribution >= 4 is 5.91 Å². The number of nitrogens with one attached hydrogen (secondary N) is 1. The van der Waals surface area contributed by atoms with Gasteiger partial charge in [0, 0.05) is 18.5 Å². The van der Waals surface area contributed by atoms with Crippen molar-refractivity contribution in [3.63, 3.8) is 0 Å². The van der Waals surface area contributed by atoms with Crippen LogP contribution in [0.15, 0.2) is 30.3 Å². The van der Waals surface area contributed by atoms with Gasteiger partial charge in [-0.05, 0) is 31.7 Å². The number of nitrogens with two attached hydrogens (primary N) is 1. The molecule has 0 aliphatic heterocycles. The summed E-state index contributed by atoms with van der Waals surface area (Å²) >= 11 is 0. The third-order valence-electron chi connectivity index (χ3n) is 2.97. The number of hydrogen-bond donors (Lipinski definition) is 2. The van der Waals surface area contributed by atoms with Crippen molar-refractivity contribution < 1.29 is 4.79 Å². The minimum Gasteiger partial charge on any atom is -0.356 e. The lowest BCUT2D eigenvalue weighted by atomic mass is 9.99. The molecule has 100 valence electrons. The number of carbonyl (C=O) groups excluding carboxylic acids is 1. The lowest BCUT2D eigenvalue weighted by Gasteiger charge is -2.18. The highest BCUT2D eigenvalue weighted by Gasteiger charge is 2.13. The molecule has 0 heterocycles. The van der Waals surface area contributed by atoms with Crippen LogP contribution >= 0.6 is 0 Å². The first-order chi connectivity index (χ1) is 8.38. The number of carbonyl (C=O) groups is 1. The zero-order valence-corrected chi connectivity index (χ0v) is 11.6. The van der Waals surface area contributed by atoms with Gasteiger partial charge < -0.3 is 11.1 Å². The van der Waals surface area contributed by atoms with Crippen LogP contribution in [0.3, 0.4) is 0 Å². The van der Waals surface area contributed by atoms with Gasteiger partial charge in [-0.1, -0.05) is 37.3 Å². The summed E-state index contributed by atoms with van der Waals surface area (Å²) in [7, 11) is 0. The van der Waals surface area contributed by atoms with E-state index in [4.69, 9.17) is 5.73 Å². The van der Waals surface area contributed by atoms with Crippen molar-refractivity contribution in [2.45, 2.75) is 45.1 Å². The van der Waals surface area contributed by atoms with Crippen molar-refractivity contribution in [1.29, 1.82) is 0 Å². The summed E-state index contributed by atoms with van der Waals surface area (Å²) in [5, 5.41) is 2.96. The molecule has 18 heavy (non-hydrogen) atoms. The van der Waals surface area contributed by atoms with Crippen LogP contribution in [0.2, 0.25) is 0 Å². The molecule has 0 spiro atoms. The maximum absolute atomic E-state index is 11.7. The van der Waals surface area contributed by atoms with Crippen molar-refractivity contribution in [2.75, 3.05) is 6.54 Å². The summed E-state index contributed by atoms with van der Waals surface area (Å²) in [5.41, 5.74) is 6.82. The van der Waals surface area contributed by atoms with E-state index in [0.29, 0.717) is 25.3 Å². The van der Waals surface area contributed by atoms with E-state index >= 15 is 0 Å². The van der Waals surface area contributed by atoms with E-state index in [1.165, 1.54) is 5.56 Å². The largest absolute Gasteiger partial charge is 0.356 e. The van der Waals surface area contributed by atoms with Gasteiger partial charge in [0.25, 0.3) is 0 Å². The highest BCUT2D eigenvalue weighted by molar-refractivity contribution is 5.76. The van der Waals surface area contributed by atoms with Crippen molar-refractivity contribution in [2.24, 2.45) is 5.73 Å². The fraction of sp³-hybridized carbons (Fsp3) is 0.533. The Morgan fingerprint density at radius 2 is 1.94 bits per heavy atom. The normalized spacial score (nSPS) is 13.1. The van der Waals surface area contributed by atoms with Gasteiger partial charge in [0.1, 0.15) is 0 Å². The zero-order chi connectivity index (χ0) is 13.6. The molecule has 0 saturated carbocycles. The number of rotatable bonds is 6. The van der Waals surface area contributed by atoms with E-state index in [9.17, 15) is 4.79 Å². The Hall–Kier alpha value is -1.35. The Morgan fingerprint density at radius 1 is 1.33 bits per heavy atom. The Kier molecular flexibility index (Phi) is 5.35. The zero-order valence-electron chi connectivity index (χ0n) is 11.6.